The number of hydrogen-bond acceptors (Lipinski definition) is 5. The Labute approximate surface area is 109 Å². The van der Waals surface area contributed by atoms with Crippen molar-refractivity contribution in [3.05, 3.63) is 18.3 Å². The molecule has 0 aliphatic heterocycles. The van der Waals surface area contributed by atoms with Gasteiger partial charge in [0.1, 0.15) is 0 Å². The minimum atomic E-state index is -2.02. The number of nitrogens with one attached hydrogen (secondary N) is 2. The lowest BCUT2D eigenvalue weighted by atomic mass is 10.1. The number of carbonyl (C=O) groups excluding carboxylic acids is 1. The molecule has 1 aromatic rings. The second-order valence-electron chi connectivity index (χ2n) is 3.98. The summed E-state index contributed by atoms with van der Waals surface area (Å²) >= 11 is 0. The Hall–Kier alpha value is -2.35. The van der Waals surface area contributed by atoms with Crippen LogP contribution in [0.3, 0.4) is 0 Å². The molecule has 0 bridgehead atoms. The maximum absolute atomic E-state index is 11.5. The van der Waals surface area contributed by atoms with Crippen LogP contribution >= 0.6 is 0 Å². The van der Waals surface area contributed by atoms with Gasteiger partial charge in [-0.15, -0.1) is 0 Å². The zero-order valence-electron chi connectivity index (χ0n) is 10.5. The summed E-state index contributed by atoms with van der Waals surface area (Å²) in [7, 11) is 1.47. The third-order valence-electron chi connectivity index (χ3n) is 2.26. The van der Waals surface area contributed by atoms with Gasteiger partial charge in [0.25, 0.3) is 0 Å². The fraction of sp³-hybridized carbons (Fsp3) is 0.364. The molecule has 19 heavy (non-hydrogen) atoms. The van der Waals surface area contributed by atoms with Crippen molar-refractivity contribution in [2.45, 2.75) is 12.5 Å². The van der Waals surface area contributed by atoms with Crippen LogP contribution in [0.25, 0.3) is 0 Å². The number of aliphatic hydroxyl groups is 1. The molecule has 4 N–H and O–H groups in total. The summed E-state index contributed by atoms with van der Waals surface area (Å²) in [5.41, 5.74) is -1.61. The van der Waals surface area contributed by atoms with Crippen molar-refractivity contribution >= 4 is 17.7 Å². The maximum Gasteiger partial charge on any atom is 0.337 e. The van der Waals surface area contributed by atoms with Gasteiger partial charge in [0.15, 0.2) is 5.60 Å². The monoisotopic (exact) mass is 269 g/mol. The van der Waals surface area contributed by atoms with Gasteiger partial charge < -0.3 is 25.6 Å². The van der Waals surface area contributed by atoms with Crippen molar-refractivity contribution in [3.8, 4) is 5.88 Å². The second kappa shape index (κ2) is 6.01. The number of ether oxygens (including phenoxy) is 1. The third-order valence-corrected chi connectivity index (χ3v) is 2.26. The molecule has 1 aromatic heterocycles. The van der Waals surface area contributed by atoms with Gasteiger partial charge in [-0.25, -0.2) is 14.6 Å². The van der Waals surface area contributed by atoms with E-state index >= 15 is 0 Å². The average molecular weight is 269 g/mol. The molecule has 0 aromatic carbocycles. The Kier molecular flexibility index (Phi) is 4.65. The zero-order valence-corrected chi connectivity index (χ0v) is 10.5. The lowest BCUT2D eigenvalue weighted by Crippen LogP contribution is -2.47. The number of carboxylic acids is 1. The maximum atomic E-state index is 11.5. The van der Waals surface area contributed by atoms with Gasteiger partial charge in [-0.05, 0) is 13.0 Å². The Morgan fingerprint density at radius 1 is 1.47 bits per heavy atom. The van der Waals surface area contributed by atoms with E-state index in [9.17, 15) is 14.7 Å². The van der Waals surface area contributed by atoms with E-state index in [2.05, 4.69) is 15.6 Å². The number of hydrogen-bond donors (Lipinski definition) is 4. The molecule has 104 valence electrons. The first kappa shape index (κ1) is 14.7. The molecular formula is C11H15N3O5. The number of aromatic nitrogens is 1. The first-order chi connectivity index (χ1) is 8.85. The number of urea groups is 1. The van der Waals surface area contributed by atoms with Crippen LogP contribution < -0.4 is 15.4 Å². The van der Waals surface area contributed by atoms with E-state index in [-0.39, 0.29) is 0 Å². The Balaban J connectivity index is 2.49. The van der Waals surface area contributed by atoms with E-state index in [1.54, 1.807) is 12.1 Å². The van der Waals surface area contributed by atoms with E-state index in [1.165, 1.54) is 13.3 Å². The number of carboxylic acid groups (broad SMARTS) is 1. The van der Waals surface area contributed by atoms with Crippen molar-refractivity contribution in [2.75, 3.05) is 19.0 Å². The van der Waals surface area contributed by atoms with Crippen molar-refractivity contribution in [3.63, 3.8) is 0 Å². The molecule has 0 spiro atoms. The molecule has 1 atom stereocenters. The Bertz CT molecular complexity index is 458. The normalized spacial score (nSPS) is 13.2. The van der Waals surface area contributed by atoms with Crippen LogP contribution in [0.4, 0.5) is 10.5 Å². The van der Waals surface area contributed by atoms with Gasteiger partial charge in [0.05, 0.1) is 25.5 Å². The van der Waals surface area contributed by atoms with Crippen molar-refractivity contribution in [1.29, 1.82) is 0 Å². The molecule has 2 amide bonds. The Morgan fingerprint density at radius 3 is 2.63 bits per heavy atom. The van der Waals surface area contributed by atoms with E-state index in [4.69, 9.17) is 9.84 Å². The van der Waals surface area contributed by atoms with Gasteiger partial charge in [-0.2, -0.15) is 0 Å². The van der Waals surface area contributed by atoms with Crippen molar-refractivity contribution < 1.29 is 24.5 Å². The number of rotatable bonds is 5. The van der Waals surface area contributed by atoms with Crippen LogP contribution in [0.2, 0.25) is 0 Å². The molecule has 1 rings (SSSR count). The molecule has 0 aliphatic rings. The van der Waals surface area contributed by atoms with Crippen LogP contribution in [0.5, 0.6) is 5.88 Å². The molecule has 1 unspecified atom stereocenters. The predicted molar refractivity (Wildman–Crippen MR) is 66.1 cm³/mol. The lowest BCUT2D eigenvalue weighted by molar-refractivity contribution is -0.155. The lowest BCUT2D eigenvalue weighted by Gasteiger charge is -2.18. The Morgan fingerprint density at radius 2 is 2.16 bits per heavy atom. The van der Waals surface area contributed by atoms with E-state index in [0.717, 1.165) is 6.92 Å². The molecule has 0 fully saturated rings. The molecule has 0 aliphatic carbocycles. The first-order valence-corrected chi connectivity index (χ1v) is 5.36. The van der Waals surface area contributed by atoms with Crippen molar-refractivity contribution in [1.82, 2.24) is 10.3 Å². The molecule has 0 saturated heterocycles. The number of aliphatic carboxylic acids is 1. The highest BCUT2D eigenvalue weighted by atomic mass is 16.5. The average Bonchev–Trinajstić information content (AvgIpc) is 2.37. The van der Waals surface area contributed by atoms with Gasteiger partial charge in [-0.1, -0.05) is 0 Å². The fourth-order valence-corrected chi connectivity index (χ4v) is 1.08. The fourth-order valence-electron chi connectivity index (χ4n) is 1.08. The summed E-state index contributed by atoms with van der Waals surface area (Å²) in [5.74, 6) is -1.02. The van der Waals surface area contributed by atoms with Crippen LogP contribution in [0, 0.1) is 0 Å². The first-order valence-electron chi connectivity index (χ1n) is 5.36. The van der Waals surface area contributed by atoms with Crippen LogP contribution in [0.15, 0.2) is 18.3 Å². The van der Waals surface area contributed by atoms with Crippen LogP contribution in [-0.2, 0) is 4.79 Å². The van der Waals surface area contributed by atoms with Crippen molar-refractivity contribution in [2.24, 2.45) is 0 Å². The quantitative estimate of drug-likeness (QED) is 0.599. The molecule has 0 saturated carbocycles. The molecular weight excluding hydrogens is 254 g/mol. The third kappa shape index (κ3) is 4.43. The number of methoxy groups -OCH3 is 1. The SMILES string of the molecule is COc1ccc(NC(=O)NCC(C)(O)C(=O)O)cn1. The minimum absolute atomic E-state index is 0.403. The van der Waals surface area contributed by atoms with Gasteiger partial charge in [0, 0.05) is 6.07 Å². The van der Waals surface area contributed by atoms with E-state index in [1.807, 2.05) is 0 Å². The number of carbonyl (C=O) groups is 2. The summed E-state index contributed by atoms with van der Waals surface area (Å²) in [4.78, 5) is 25.9. The van der Waals surface area contributed by atoms with E-state index < -0.39 is 24.1 Å². The number of pyridine rings is 1. The van der Waals surface area contributed by atoms with Gasteiger partial charge in [-0.3, -0.25) is 0 Å². The number of anilines is 1. The second-order valence-corrected chi connectivity index (χ2v) is 3.98. The van der Waals surface area contributed by atoms with Crippen LogP contribution in [0.1, 0.15) is 6.92 Å². The largest absolute Gasteiger partial charge is 0.481 e. The van der Waals surface area contributed by atoms with Gasteiger partial charge in [0.2, 0.25) is 5.88 Å². The summed E-state index contributed by atoms with van der Waals surface area (Å²) < 4.78 is 4.85. The topological polar surface area (TPSA) is 121 Å². The number of nitrogens with zero attached hydrogens (tertiary/aromatic N) is 1. The summed E-state index contributed by atoms with van der Waals surface area (Å²) in [5, 5.41) is 22.7. The summed E-state index contributed by atoms with van der Waals surface area (Å²) in [6.45, 7) is 0.669. The highest BCUT2D eigenvalue weighted by Gasteiger charge is 2.30. The molecule has 8 nitrogen and oxygen atoms in total. The highest BCUT2D eigenvalue weighted by molar-refractivity contribution is 5.89. The summed E-state index contributed by atoms with van der Waals surface area (Å²) in [6.07, 6.45) is 1.38. The molecule has 8 heteroatoms. The standard InChI is InChI=1S/C11H15N3O5/c1-11(18,9(15)16)6-13-10(17)14-7-3-4-8(19-2)12-5-7/h3-5,18H,6H2,1-2H3,(H,15,16)(H2,13,14,17). The van der Waals surface area contributed by atoms with E-state index in [0.29, 0.717) is 11.6 Å². The summed E-state index contributed by atoms with van der Waals surface area (Å²) in [6, 6.07) is 2.48. The molecule has 0 radical (unpaired) electrons. The van der Waals surface area contributed by atoms with Gasteiger partial charge >= 0.3 is 12.0 Å². The smallest absolute Gasteiger partial charge is 0.337 e. The molecule has 1 heterocycles. The highest BCUT2D eigenvalue weighted by Crippen LogP contribution is 2.10. The van der Waals surface area contributed by atoms with Crippen LogP contribution in [-0.4, -0.2) is 46.5 Å². The number of amides is 2. The predicted octanol–water partition coefficient (Wildman–Crippen LogP) is 0.0473. The zero-order chi connectivity index (χ0) is 14.5. The minimum Gasteiger partial charge on any atom is -0.481 e.